The van der Waals surface area contributed by atoms with Gasteiger partial charge in [-0.2, -0.15) is 0 Å². The van der Waals surface area contributed by atoms with Crippen molar-refractivity contribution in [2.75, 3.05) is 23.7 Å². The monoisotopic (exact) mass is 299 g/mol. The van der Waals surface area contributed by atoms with Crippen LogP contribution < -0.4 is 4.90 Å². The third-order valence-electron chi connectivity index (χ3n) is 3.43. The van der Waals surface area contributed by atoms with E-state index in [1.54, 1.807) is 11.8 Å². The second-order valence-electron chi connectivity index (χ2n) is 4.74. The third-order valence-corrected chi connectivity index (χ3v) is 4.44. The lowest BCUT2D eigenvalue weighted by atomic mass is 10.1. The van der Waals surface area contributed by atoms with Crippen LogP contribution in [0.5, 0.6) is 0 Å². The maximum absolute atomic E-state index is 12.2. The first-order valence-corrected chi connectivity index (χ1v) is 8.29. The number of carbonyl (C=O) groups excluding carboxylic acids is 1. The highest BCUT2D eigenvalue weighted by Gasteiger charge is 2.08. The molecule has 0 radical (unpaired) electrons. The normalized spacial score (nSPS) is 10.4. The largest absolute Gasteiger partial charge is 0.372 e. The average Bonchev–Trinajstić information content (AvgIpc) is 2.55. The molecule has 2 aromatic carbocycles. The van der Waals surface area contributed by atoms with E-state index in [1.807, 2.05) is 54.6 Å². The molecule has 2 rings (SSSR count). The fraction of sp³-hybridized carbons (Fsp3) is 0.278. The lowest BCUT2D eigenvalue weighted by Crippen LogP contribution is -2.21. The van der Waals surface area contributed by atoms with Crippen LogP contribution in [0.1, 0.15) is 24.2 Å². The molecule has 21 heavy (non-hydrogen) atoms. The molecule has 0 aliphatic carbocycles. The van der Waals surface area contributed by atoms with E-state index in [9.17, 15) is 4.79 Å². The highest BCUT2D eigenvalue weighted by molar-refractivity contribution is 8.00. The molecule has 0 aliphatic heterocycles. The topological polar surface area (TPSA) is 20.3 Å². The number of nitrogens with zero attached hydrogens (tertiary/aromatic N) is 1. The maximum Gasteiger partial charge on any atom is 0.173 e. The molecule has 0 bridgehead atoms. The fourth-order valence-electron chi connectivity index (χ4n) is 2.20. The summed E-state index contributed by atoms with van der Waals surface area (Å²) in [6.07, 6.45) is 0. The van der Waals surface area contributed by atoms with Crippen LogP contribution in [0.15, 0.2) is 59.5 Å². The van der Waals surface area contributed by atoms with Gasteiger partial charge in [0.2, 0.25) is 0 Å². The minimum Gasteiger partial charge on any atom is -0.372 e. The lowest BCUT2D eigenvalue weighted by molar-refractivity contribution is 0.102. The molecule has 0 spiro atoms. The van der Waals surface area contributed by atoms with E-state index in [0.717, 1.165) is 23.5 Å². The Kier molecular flexibility index (Phi) is 5.88. The molecule has 0 aromatic heterocycles. The minimum absolute atomic E-state index is 0.176. The summed E-state index contributed by atoms with van der Waals surface area (Å²) in [6.45, 7) is 6.24. The predicted molar refractivity (Wildman–Crippen MR) is 91.5 cm³/mol. The van der Waals surface area contributed by atoms with Crippen molar-refractivity contribution in [1.29, 1.82) is 0 Å². The van der Waals surface area contributed by atoms with Gasteiger partial charge in [0.05, 0.1) is 5.75 Å². The Morgan fingerprint density at radius 1 is 0.952 bits per heavy atom. The van der Waals surface area contributed by atoms with E-state index in [4.69, 9.17) is 0 Å². The molecule has 0 amide bonds. The van der Waals surface area contributed by atoms with Crippen molar-refractivity contribution in [3.63, 3.8) is 0 Å². The molecular weight excluding hydrogens is 278 g/mol. The number of carbonyl (C=O) groups is 1. The fourth-order valence-corrected chi connectivity index (χ4v) is 3.01. The summed E-state index contributed by atoms with van der Waals surface area (Å²) >= 11 is 1.58. The van der Waals surface area contributed by atoms with Crippen molar-refractivity contribution in [2.45, 2.75) is 18.7 Å². The Morgan fingerprint density at radius 3 is 2.14 bits per heavy atom. The first-order valence-electron chi connectivity index (χ1n) is 7.30. The van der Waals surface area contributed by atoms with Gasteiger partial charge >= 0.3 is 0 Å². The Morgan fingerprint density at radius 2 is 1.57 bits per heavy atom. The van der Waals surface area contributed by atoms with Gasteiger partial charge in [0.25, 0.3) is 0 Å². The quantitative estimate of drug-likeness (QED) is 0.554. The van der Waals surface area contributed by atoms with Crippen molar-refractivity contribution in [2.24, 2.45) is 0 Å². The number of thioether (sulfide) groups is 1. The van der Waals surface area contributed by atoms with Crippen molar-refractivity contribution in [3.8, 4) is 0 Å². The van der Waals surface area contributed by atoms with E-state index in [-0.39, 0.29) is 5.78 Å². The van der Waals surface area contributed by atoms with Gasteiger partial charge in [-0.1, -0.05) is 18.2 Å². The smallest absolute Gasteiger partial charge is 0.173 e. The van der Waals surface area contributed by atoms with E-state index in [2.05, 4.69) is 18.7 Å². The highest BCUT2D eigenvalue weighted by atomic mass is 32.2. The van der Waals surface area contributed by atoms with Gasteiger partial charge in [0.15, 0.2) is 5.78 Å². The number of rotatable bonds is 7. The number of hydrogen-bond donors (Lipinski definition) is 0. The number of hydrogen-bond acceptors (Lipinski definition) is 3. The number of Topliss-reactive ketones (excluding diaryl/α,β-unsaturated/α-hetero) is 1. The Labute approximate surface area is 131 Å². The van der Waals surface area contributed by atoms with E-state index in [1.165, 1.54) is 5.69 Å². The number of benzene rings is 2. The summed E-state index contributed by atoms with van der Waals surface area (Å²) in [5.41, 5.74) is 1.96. The van der Waals surface area contributed by atoms with Crippen molar-refractivity contribution in [3.05, 3.63) is 60.2 Å². The first-order chi connectivity index (χ1) is 10.2. The van der Waals surface area contributed by atoms with Gasteiger partial charge in [0, 0.05) is 29.2 Å². The molecule has 0 saturated carbocycles. The van der Waals surface area contributed by atoms with Gasteiger partial charge in [-0.25, -0.2) is 0 Å². The molecule has 0 fully saturated rings. The van der Waals surface area contributed by atoms with Crippen molar-refractivity contribution < 1.29 is 4.79 Å². The zero-order valence-corrected chi connectivity index (χ0v) is 13.4. The van der Waals surface area contributed by atoms with Gasteiger partial charge < -0.3 is 4.90 Å². The minimum atomic E-state index is 0.176. The standard InChI is InChI=1S/C18H21NOS/c1-3-19(4-2)16-12-10-15(11-13-16)18(20)14-21-17-8-6-5-7-9-17/h5-13H,3-4,14H2,1-2H3. The maximum atomic E-state index is 12.2. The SMILES string of the molecule is CCN(CC)c1ccc(C(=O)CSc2ccccc2)cc1. The zero-order valence-electron chi connectivity index (χ0n) is 12.6. The molecular formula is C18H21NOS. The average molecular weight is 299 g/mol. The number of anilines is 1. The van der Waals surface area contributed by atoms with Crippen LogP contribution in [0.3, 0.4) is 0 Å². The van der Waals surface area contributed by atoms with E-state index < -0.39 is 0 Å². The Balaban J connectivity index is 1.97. The molecule has 0 unspecified atom stereocenters. The Bertz CT molecular complexity index is 562. The molecule has 3 heteroatoms. The van der Waals surface area contributed by atoms with Crippen LogP contribution >= 0.6 is 11.8 Å². The van der Waals surface area contributed by atoms with Crippen LogP contribution in [0.4, 0.5) is 5.69 Å². The highest BCUT2D eigenvalue weighted by Crippen LogP contribution is 2.20. The summed E-state index contributed by atoms with van der Waals surface area (Å²) in [5.74, 6) is 0.657. The molecule has 0 saturated heterocycles. The summed E-state index contributed by atoms with van der Waals surface area (Å²) in [7, 11) is 0. The second kappa shape index (κ2) is 7.89. The molecule has 0 atom stereocenters. The molecule has 110 valence electrons. The van der Waals surface area contributed by atoms with Crippen LogP contribution in [0.2, 0.25) is 0 Å². The first kappa shape index (κ1) is 15.6. The second-order valence-corrected chi connectivity index (χ2v) is 5.79. The van der Waals surface area contributed by atoms with Crippen LogP contribution in [-0.2, 0) is 0 Å². The molecule has 0 aliphatic rings. The van der Waals surface area contributed by atoms with Gasteiger partial charge in [0.1, 0.15) is 0 Å². The summed E-state index contributed by atoms with van der Waals surface area (Å²) in [6, 6.07) is 18.0. The molecule has 2 aromatic rings. The lowest BCUT2D eigenvalue weighted by Gasteiger charge is -2.20. The molecule has 2 nitrogen and oxygen atoms in total. The zero-order chi connectivity index (χ0) is 15.1. The van der Waals surface area contributed by atoms with E-state index >= 15 is 0 Å². The van der Waals surface area contributed by atoms with Crippen LogP contribution in [0.25, 0.3) is 0 Å². The van der Waals surface area contributed by atoms with Crippen LogP contribution in [-0.4, -0.2) is 24.6 Å². The van der Waals surface area contributed by atoms with Gasteiger partial charge in [-0.3, -0.25) is 4.79 Å². The van der Waals surface area contributed by atoms with Crippen molar-refractivity contribution in [1.82, 2.24) is 0 Å². The third kappa shape index (κ3) is 4.36. The Hall–Kier alpha value is -1.74. The summed E-state index contributed by atoms with van der Waals surface area (Å²) in [4.78, 5) is 15.6. The van der Waals surface area contributed by atoms with Crippen molar-refractivity contribution >= 4 is 23.2 Å². The predicted octanol–water partition coefficient (Wildman–Crippen LogP) is 4.51. The van der Waals surface area contributed by atoms with Gasteiger partial charge in [-0.05, 0) is 50.2 Å². The molecule has 0 N–H and O–H groups in total. The summed E-state index contributed by atoms with van der Waals surface area (Å²) < 4.78 is 0. The van der Waals surface area contributed by atoms with E-state index in [0.29, 0.717) is 5.75 Å². The van der Waals surface area contributed by atoms with Crippen LogP contribution in [0, 0.1) is 0 Å². The van der Waals surface area contributed by atoms with Gasteiger partial charge in [-0.15, -0.1) is 11.8 Å². The summed E-state index contributed by atoms with van der Waals surface area (Å²) in [5, 5.41) is 0. The molecule has 0 heterocycles. The number of ketones is 1.